The number of piperidine rings is 1. The molecule has 1 aliphatic heterocycles. The summed E-state index contributed by atoms with van der Waals surface area (Å²) in [6.45, 7) is 9.20. The summed E-state index contributed by atoms with van der Waals surface area (Å²) in [5.41, 5.74) is 0. The summed E-state index contributed by atoms with van der Waals surface area (Å²) in [5.74, 6) is 1.76. The summed E-state index contributed by atoms with van der Waals surface area (Å²) in [4.78, 5) is 2.79. The Labute approximate surface area is 131 Å². The number of nitrogens with zero attached hydrogens (tertiary/aromatic N) is 1. The van der Waals surface area contributed by atoms with Gasteiger partial charge in [-0.25, -0.2) is 0 Å². The average molecular weight is 296 g/mol. The molecule has 3 unspecified atom stereocenters. The van der Waals surface area contributed by atoms with Crippen LogP contribution in [0.1, 0.15) is 58.8 Å². The van der Waals surface area contributed by atoms with Crippen molar-refractivity contribution >= 4 is 0 Å². The van der Waals surface area contributed by atoms with Crippen LogP contribution in [-0.2, 0) is 4.74 Å². The minimum atomic E-state index is 0.724. The fourth-order valence-corrected chi connectivity index (χ4v) is 4.49. The summed E-state index contributed by atoms with van der Waals surface area (Å²) in [7, 11) is 1.84. The SMILES string of the molecule is CCCC1CCC(NCC)C(N2CCC(COC)CC2)C1. The number of methoxy groups -OCH3 is 1. The number of nitrogens with one attached hydrogen (secondary N) is 1. The van der Waals surface area contributed by atoms with Gasteiger partial charge in [-0.15, -0.1) is 0 Å². The zero-order valence-electron chi connectivity index (χ0n) is 14.4. The number of ether oxygens (including phenoxy) is 1. The van der Waals surface area contributed by atoms with Crippen LogP contribution in [0.5, 0.6) is 0 Å². The van der Waals surface area contributed by atoms with Crippen LogP contribution in [0.2, 0.25) is 0 Å². The highest BCUT2D eigenvalue weighted by molar-refractivity contribution is 4.92. The van der Waals surface area contributed by atoms with E-state index in [0.29, 0.717) is 0 Å². The molecule has 21 heavy (non-hydrogen) atoms. The van der Waals surface area contributed by atoms with Crippen molar-refractivity contribution in [2.45, 2.75) is 70.9 Å². The van der Waals surface area contributed by atoms with Gasteiger partial charge in [0, 0.05) is 25.8 Å². The molecular weight excluding hydrogens is 260 g/mol. The molecule has 0 aromatic heterocycles. The van der Waals surface area contributed by atoms with Gasteiger partial charge in [0.2, 0.25) is 0 Å². The zero-order chi connectivity index (χ0) is 15.1. The molecule has 3 heteroatoms. The lowest BCUT2D eigenvalue weighted by Gasteiger charge is -2.45. The van der Waals surface area contributed by atoms with E-state index in [1.807, 2.05) is 7.11 Å². The van der Waals surface area contributed by atoms with E-state index >= 15 is 0 Å². The van der Waals surface area contributed by atoms with Gasteiger partial charge >= 0.3 is 0 Å². The second-order valence-corrected chi connectivity index (χ2v) is 7.13. The summed E-state index contributed by atoms with van der Waals surface area (Å²) in [5, 5.41) is 3.76. The Morgan fingerprint density at radius 3 is 2.43 bits per heavy atom. The smallest absolute Gasteiger partial charge is 0.0491 e. The molecular formula is C18H36N2O. The van der Waals surface area contributed by atoms with Crippen molar-refractivity contribution in [3.8, 4) is 0 Å². The largest absolute Gasteiger partial charge is 0.384 e. The van der Waals surface area contributed by atoms with Gasteiger partial charge in [-0.3, -0.25) is 4.90 Å². The van der Waals surface area contributed by atoms with Crippen LogP contribution < -0.4 is 5.32 Å². The van der Waals surface area contributed by atoms with Crippen LogP contribution in [0, 0.1) is 11.8 Å². The molecule has 1 heterocycles. The van der Waals surface area contributed by atoms with E-state index in [4.69, 9.17) is 4.74 Å². The highest BCUT2D eigenvalue weighted by Crippen LogP contribution is 2.33. The van der Waals surface area contributed by atoms with Crippen molar-refractivity contribution in [3.63, 3.8) is 0 Å². The standard InChI is InChI=1S/C18H36N2O/c1-4-6-15-7-8-17(19-5-2)18(13-15)20-11-9-16(10-12-20)14-21-3/h15-19H,4-14H2,1-3H3. The van der Waals surface area contributed by atoms with E-state index in [1.54, 1.807) is 0 Å². The van der Waals surface area contributed by atoms with Gasteiger partial charge in [-0.2, -0.15) is 0 Å². The van der Waals surface area contributed by atoms with Crippen molar-refractivity contribution in [3.05, 3.63) is 0 Å². The molecule has 1 saturated carbocycles. The molecule has 0 aromatic carbocycles. The predicted octanol–water partition coefficient (Wildman–Crippen LogP) is 3.29. The Kier molecular flexibility index (Phi) is 7.48. The first-order valence-electron chi connectivity index (χ1n) is 9.24. The van der Waals surface area contributed by atoms with E-state index in [1.165, 1.54) is 58.0 Å². The second kappa shape index (κ2) is 9.12. The molecule has 1 aliphatic carbocycles. The molecule has 0 radical (unpaired) electrons. The number of likely N-dealkylation sites (N-methyl/N-ethyl adjacent to an activating group) is 1. The van der Waals surface area contributed by atoms with Gasteiger partial charge in [-0.05, 0) is 63.6 Å². The molecule has 1 N–H and O–H groups in total. The van der Waals surface area contributed by atoms with Gasteiger partial charge in [0.1, 0.15) is 0 Å². The number of likely N-dealkylation sites (tertiary alicyclic amines) is 1. The molecule has 0 amide bonds. The summed E-state index contributed by atoms with van der Waals surface area (Å²) in [6.07, 6.45) is 9.64. The van der Waals surface area contributed by atoms with E-state index in [-0.39, 0.29) is 0 Å². The Bertz CT molecular complexity index is 276. The van der Waals surface area contributed by atoms with Crippen molar-refractivity contribution in [2.24, 2.45) is 11.8 Å². The first-order valence-corrected chi connectivity index (χ1v) is 9.24. The third-order valence-corrected chi connectivity index (χ3v) is 5.61. The molecule has 124 valence electrons. The van der Waals surface area contributed by atoms with Crippen LogP contribution in [0.4, 0.5) is 0 Å². The molecule has 2 rings (SSSR count). The lowest BCUT2D eigenvalue weighted by molar-refractivity contribution is 0.0434. The van der Waals surface area contributed by atoms with Crippen molar-refractivity contribution in [2.75, 3.05) is 33.4 Å². The van der Waals surface area contributed by atoms with Gasteiger partial charge in [0.15, 0.2) is 0 Å². The van der Waals surface area contributed by atoms with Crippen LogP contribution in [0.3, 0.4) is 0 Å². The van der Waals surface area contributed by atoms with Gasteiger partial charge in [-0.1, -0.05) is 26.7 Å². The van der Waals surface area contributed by atoms with E-state index < -0.39 is 0 Å². The molecule has 0 spiro atoms. The number of hydrogen-bond donors (Lipinski definition) is 1. The van der Waals surface area contributed by atoms with Crippen LogP contribution >= 0.6 is 0 Å². The quantitative estimate of drug-likeness (QED) is 0.780. The maximum atomic E-state index is 5.34. The van der Waals surface area contributed by atoms with E-state index in [0.717, 1.165) is 37.1 Å². The van der Waals surface area contributed by atoms with E-state index in [2.05, 4.69) is 24.1 Å². The lowest BCUT2D eigenvalue weighted by Crippen LogP contribution is -2.55. The highest BCUT2D eigenvalue weighted by atomic mass is 16.5. The van der Waals surface area contributed by atoms with Crippen molar-refractivity contribution in [1.29, 1.82) is 0 Å². The average Bonchev–Trinajstić information content (AvgIpc) is 2.50. The number of hydrogen-bond acceptors (Lipinski definition) is 3. The molecule has 3 nitrogen and oxygen atoms in total. The monoisotopic (exact) mass is 296 g/mol. The zero-order valence-corrected chi connectivity index (χ0v) is 14.4. The number of rotatable bonds is 7. The van der Waals surface area contributed by atoms with Crippen molar-refractivity contribution in [1.82, 2.24) is 10.2 Å². The minimum Gasteiger partial charge on any atom is -0.384 e. The van der Waals surface area contributed by atoms with Crippen LogP contribution in [-0.4, -0.2) is 50.3 Å². The van der Waals surface area contributed by atoms with Gasteiger partial charge < -0.3 is 10.1 Å². The summed E-state index contributed by atoms with van der Waals surface area (Å²) >= 11 is 0. The Morgan fingerprint density at radius 2 is 1.81 bits per heavy atom. The molecule has 0 bridgehead atoms. The molecule has 0 aromatic rings. The Hall–Kier alpha value is -0.120. The molecule has 1 saturated heterocycles. The summed E-state index contributed by atoms with van der Waals surface area (Å²) in [6, 6.07) is 1.50. The minimum absolute atomic E-state index is 0.724. The molecule has 3 atom stereocenters. The van der Waals surface area contributed by atoms with E-state index in [9.17, 15) is 0 Å². The van der Waals surface area contributed by atoms with Crippen LogP contribution in [0.25, 0.3) is 0 Å². The fraction of sp³-hybridized carbons (Fsp3) is 1.00. The maximum Gasteiger partial charge on any atom is 0.0491 e. The highest BCUT2D eigenvalue weighted by Gasteiger charge is 2.35. The topological polar surface area (TPSA) is 24.5 Å². The molecule has 2 aliphatic rings. The fourth-order valence-electron chi connectivity index (χ4n) is 4.49. The second-order valence-electron chi connectivity index (χ2n) is 7.13. The molecule has 2 fully saturated rings. The Balaban J connectivity index is 1.89. The first kappa shape index (κ1) is 17.2. The normalized spacial score (nSPS) is 32.4. The summed E-state index contributed by atoms with van der Waals surface area (Å²) < 4.78 is 5.34. The predicted molar refractivity (Wildman–Crippen MR) is 89.7 cm³/mol. The van der Waals surface area contributed by atoms with Gasteiger partial charge in [0.25, 0.3) is 0 Å². The third kappa shape index (κ3) is 4.94. The van der Waals surface area contributed by atoms with Crippen LogP contribution in [0.15, 0.2) is 0 Å². The Morgan fingerprint density at radius 1 is 1.05 bits per heavy atom. The first-order chi connectivity index (χ1) is 10.3. The van der Waals surface area contributed by atoms with Crippen molar-refractivity contribution < 1.29 is 4.74 Å². The maximum absolute atomic E-state index is 5.34. The van der Waals surface area contributed by atoms with Gasteiger partial charge in [0.05, 0.1) is 0 Å². The third-order valence-electron chi connectivity index (χ3n) is 5.61. The lowest BCUT2D eigenvalue weighted by atomic mass is 9.78.